The van der Waals surface area contributed by atoms with E-state index in [1.54, 1.807) is 0 Å². The molecule has 2 N–H and O–H groups in total. The Morgan fingerprint density at radius 1 is 1.35 bits per heavy atom. The summed E-state index contributed by atoms with van der Waals surface area (Å²) in [4.78, 5) is 11.8. The normalized spacial score (nSPS) is 11.4. The van der Waals surface area contributed by atoms with Gasteiger partial charge in [0.15, 0.2) is 5.69 Å². The maximum atomic E-state index is 12.6. The molecule has 1 amide bonds. The second-order valence-corrected chi connectivity index (χ2v) is 4.04. The van der Waals surface area contributed by atoms with E-state index in [2.05, 4.69) is 10.4 Å². The maximum Gasteiger partial charge on any atom is 0.433 e. The van der Waals surface area contributed by atoms with Crippen molar-refractivity contribution in [3.8, 4) is 5.75 Å². The van der Waals surface area contributed by atoms with Gasteiger partial charge in [-0.15, -0.1) is 0 Å². The second-order valence-electron chi connectivity index (χ2n) is 4.04. The molecule has 0 atom stereocenters. The number of hydrogen-bond acceptors (Lipinski definition) is 3. The van der Waals surface area contributed by atoms with Gasteiger partial charge >= 0.3 is 6.18 Å². The molecule has 8 heteroatoms. The van der Waals surface area contributed by atoms with Crippen LogP contribution < -0.4 is 5.32 Å². The van der Waals surface area contributed by atoms with E-state index in [-0.39, 0.29) is 17.1 Å². The molecule has 106 valence electrons. The molecule has 0 saturated carbocycles. The Hall–Kier alpha value is -2.51. The van der Waals surface area contributed by atoms with Crippen molar-refractivity contribution in [2.24, 2.45) is 7.05 Å². The number of nitrogens with one attached hydrogen (secondary N) is 1. The van der Waals surface area contributed by atoms with Crippen LogP contribution in [0.5, 0.6) is 5.75 Å². The molecule has 20 heavy (non-hydrogen) atoms. The zero-order chi connectivity index (χ0) is 14.9. The molecule has 1 aromatic carbocycles. The Balaban J connectivity index is 2.22. The predicted molar refractivity (Wildman–Crippen MR) is 64.3 cm³/mol. The minimum atomic E-state index is -4.58. The third kappa shape index (κ3) is 2.90. The number of benzene rings is 1. The molecule has 5 nitrogen and oxygen atoms in total. The smallest absolute Gasteiger partial charge is 0.433 e. The number of phenolic OH excluding ortho intramolecular Hbond substituents is 1. The zero-order valence-electron chi connectivity index (χ0n) is 10.3. The van der Waals surface area contributed by atoms with Crippen LogP contribution in [0.25, 0.3) is 0 Å². The second kappa shape index (κ2) is 4.87. The third-order valence-corrected chi connectivity index (χ3v) is 2.51. The van der Waals surface area contributed by atoms with E-state index in [0.717, 1.165) is 7.05 Å². The van der Waals surface area contributed by atoms with Crippen LogP contribution in [0.4, 0.5) is 18.9 Å². The Bertz CT molecular complexity index is 650. The molecule has 0 bridgehead atoms. The topological polar surface area (TPSA) is 67.2 Å². The SMILES string of the molecule is Cn1nc(C(=O)Nc2cccc(O)c2)cc1C(F)(F)F. The number of carbonyl (C=O) groups is 1. The third-order valence-electron chi connectivity index (χ3n) is 2.51. The number of halogens is 3. The average molecular weight is 285 g/mol. The lowest BCUT2D eigenvalue weighted by Crippen LogP contribution is -2.13. The van der Waals surface area contributed by atoms with Gasteiger partial charge in [0.25, 0.3) is 5.91 Å². The van der Waals surface area contributed by atoms with Gasteiger partial charge in [-0.3, -0.25) is 9.48 Å². The molecule has 0 aliphatic heterocycles. The molecule has 0 spiro atoms. The number of alkyl halides is 3. The number of carbonyl (C=O) groups excluding carboxylic acids is 1. The summed E-state index contributed by atoms with van der Waals surface area (Å²) >= 11 is 0. The van der Waals surface area contributed by atoms with Gasteiger partial charge in [-0.2, -0.15) is 18.3 Å². The maximum absolute atomic E-state index is 12.6. The highest BCUT2D eigenvalue weighted by molar-refractivity contribution is 6.03. The number of anilines is 1. The predicted octanol–water partition coefficient (Wildman–Crippen LogP) is 2.40. The van der Waals surface area contributed by atoms with Crippen molar-refractivity contribution in [2.45, 2.75) is 6.18 Å². The van der Waals surface area contributed by atoms with Gasteiger partial charge in [0.2, 0.25) is 0 Å². The Morgan fingerprint density at radius 2 is 2.05 bits per heavy atom. The van der Waals surface area contributed by atoms with Gasteiger partial charge in [0.1, 0.15) is 11.4 Å². The summed E-state index contributed by atoms with van der Waals surface area (Å²) in [6.45, 7) is 0. The fourth-order valence-corrected chi connectivity index (χ4v) is 1.62. The summed E-state index contributed by atoms with van der Waals surface area (Å²) in [6.07, 6.45) is -4.58. The van der Waals surface area contributed by atoms with Gasteiger partial charge < -0.3 is 10.4 Å². The fraction of sp³-hybridized carbons (Fsp3) is 0.167. The van der Waals surface area contributed by atoms with E-state index in [9.17, 15) is 23.1 Å². The molecule has 2 rings (SSSR count). The lowest BCUT2D eigenvalue weighted by atomic mass is 10.3. The molecule has 0 unspecified atom stereocenters. The Labute approximate surface area is 111 Å². The summed E-state index contributed by atoms with van der Waals surface area (Å²) in [5.41, 5.74) is -1.11. The number of aromatic hydroxyl groups is 1. The van der Waals surface area contributed by atoms with E-state index in [4.69, 9.17) is 0 Å². The summed E-state index contributed by atoms with van der Waals surface area (Å²) in [5.74, 6) is -0.860. The molecule has 2 aromatic rings. The van der Waals surface area contributed by atoms with Crippen LogP contribution in [-0.2, 0) is 13.2 Å². The standard InChI is InChI=1S/C12H10F3N3O2/c1-18-10(12(13,14)15)6-9(17-18)11(20)16-7-3-2-4-8(19)5-7/h2-6,19H,1H3,(H,16,20). The molecule has 1 aromatic heterocycles. The lowest BCUT2D eigenvalue weighted by Gasteiger charge is -2.04. The molecule has 0 fully saturated rings. The van der Waals surface area contributed by atoms with E-state index >= 15 is 0 Å². The van der Waals surface area contributed by atoms with Gasteiger partial charge in [-0.25, -0.2) is 0 Å². The van der Waals surface area contributed by atoms with Crippen LogP contribution in [0.1, 0.15) is 16.2 Å². The van der Waals surface area contributed by atoms with E-state index < -0.39 is 17.8 Å². The number of aromatic nitrogens is 2. The van der Waals surface area contributed by atoms with Crippen LogP contribution in [0.2, 0.25) is 0 Å². The molecule has 1 heterocycles. The monoisotopic (exact) mass is 285 g/mol. The van der Waals surface area contributed by atoms with Crippen molar-refractivity contribution in [1.29, 1.82) is 0 Å². The molecule has 0 aliphatic rings. The number of aryl methyl sites for hydroxylation is 1. The first-order valence-corrected chi connectivity index (χ1v) is 5.49. The first-order valence-electron chi connectivity index (χ1n) is 5.49. The first-order chi connectivity index (χ1) is 9.27. The zero-order valence-corrected chi connectivity index (χ0v) is 10.3. The van der Waals surface area contributed by atoms with E-state index in [1.165, 1.54) is 24.3 Å². The average Bonchev–Trinajstić information content (AvgIpc) is 2.71. The summed E-state index contributed by atoms with van der Waals surface area (Å²) in [6, 6.07) is 6.32. The summed E-state index contributed by atoms with van der Waals surface area (Å²) < 4.78 is 38.3. The number of nitrogens with zero attached hydrogens (tertiary/aromatic N) is 2. The van der Waals surface area contributed by atoms with E-state index in [1.807, 2.05) is 0 Å². The van der Waals surface area contributed by atoms with Gasteiger partial charge in [-0.1, -0.05) is 6.07 Å². The van der Waals surface area contributed by atoms with Crippen LogP contribution in [0, 0.1) is 0 Å². The van der Waals surface area contributed by atoms with Crippen LogP contribution >= 0.6 is 0 Å². The van der Waals surface area contributed by atoms with Gasteiger partial charge in [-0.05, 0) is 12.1 Å². The van der Waals surface area contributed by atoms with Crippen molar-refractivity contribution in [3.63, 3.8) is 0 Å². The summed E-state index contributed by atoms with van der Waals surface area (Å²) in [5, 5.41) is 15.1. The number of phenols is 1. The highest BCUT2D eigenvalue weighted by atomic mass is 19.4. The molecule has 0 aliphatic carbocycles. The molecular weight excluding hydrogens is 275 g/mol. The molecular formula is C12H10F3N3O2. The van der Waals surface area contributed by atoms with Crippen LogP contribution in [0.15, 0.2) is 30.3 Å². The summed E-state index contributed by atoms with van der Waals surface area (Å²) in [7, 11) is 1.11. The minimum absolute atomic E-state index is 0.0696. The van der Waals surface area contributed by atoms with Crippen molar-refractivity contribution < 1.29 is 23.1 Å². The quantitative estimate of drug-likeness (QED) is 0.890. The number of amides is 1. The highest BCUT2D eigenvalue weighted by Gasteiger charge is 2.35. The number of hydrogen-bond donors (Lipinski definition) is 2. The van der Waals surface area contributed by atoms with Crippen molar-refractivity contribution in [1.82, 2.24) is 9.78 Å². The van der Waals surface area contributed by atoms with Crippen molar-refractivity contribution in [2.75, 3.05) is 5.32 Å². The molecule has 0 radical (unpaired) electrons. The lowest BCUT2D eigenvalue weighted by molar-refractivity contribution is -0.143. The number of rotatable bonds is 2. The Morgan fingerprint density at radius 3 is 2.60 bits per heavy atom. The first kappa shape index (κ1) is 13.9. The van der Waals surface area contributed by atoms with Crippen molar-refractivity contribution in [3.05, 3.63) is 41.7 Å². The fourth-order valence-electron chi connectivity index (χ4n) is 1.62. The Kier molecular flexibility index (Phi) is 3.39. The largest absolute Gasteiger partial charge is 0.508 e. The highest BCUT2D eigenvalue weighted by Crippen LogP contribution is 2.29. The van der Waals surface area contributed by atoms with Crippen molar-refractivity contribution >= 4 is 11.6 Å². The van der Waals surface area contributed by atoms with Gasteiger partial charge in [0, 0.05) is 24.9 Å². The van der Waals surface area contributed by atoms with Crippen LogP contribution in [-0.4, -0.2) is 20.8 Å². The molecule has 0 saturated heterocycles. The van der Waals surface area contributed by atoms with Gasteiger partial charge in [0.05, 0.1) is 0 Å². The van der Waals surface area contributed by atoms with Crippen LogP contribution in [0.3, 0.4) is 0 Å². The van der Waals surface area contributed by atoms with E-state index in [0.29, 0.717) is 10.7 Å². The minimum Gasteiger partial charge on any atom is -0.508 e.